The number of amidine groups is 1. The van der Waals surface area contributed by atoms with Crippen LogP contribution in [0.1, 0.15) is 25.1 Å². The van der Waals surface area contributed by atoms with Crippen molar-refractivity contribution in [3.8, 4) is 0 Å². The Kier molecular flexibility index (Phi) is 8.57. The van der Waals surface area contributed by atoms with Crippen LogP contribution in [-0.4, -0.2) is 55.2 Å². The monoisotopic (exact) mass is 294 g/mol. The molecular weight excluding hydrogens is 268 g/mol. The minimum atomic E-state index is 0.000154. The average Bonchev–Trinajstić information content (AvgIpc) is 2.48. The molecule has 1 aromatic heterocycles. The third-order valence-electron chi connectivity index (χ3n) is 3.05. The van der Waals surface area contributed by atoms with E-state index in [-0.39, 0.29) is 5.84 Å². The molecule has 0 amide bonds. The summed E-state index contributed by atoms with van der Waals surface area (Å²) >= 11 is 0. The van der Waals surface area contributed by atoms with Crippen molar-refractivity contribution in [1.29, 1.82) is 5.41 Å². The van der Waals surface area contributed by atoms with Gasteiger partial charge in [0.15, 0.2) is 0 Å². The highest BCUT2D eigenvalue weighted by atomic mass is 16.5. The first-order chi connectivity index (χ1) is 10.2. The van der Waals surface area contributed by atoms with Gasteiger partial charge in [-0.2, -0.15) is 0 Å². The Labute approximate surface area is 126 Å². The Morgan fingerprint density at radius 2 is 1.86 bits per heavy atom. The van der Waals surface area contributed by atoms with Gasteiger partial charge in [-0.1, -0.05) is 6.07 Å². The Balaban J connectivity index is 2.67. The molecule has 0 radical (unpaired) electrons. The minimum Gasteiger partial charge on any atom is -0.382 e. The highest BCUT2D eigenvalue weighted by Crippen LogP contribution is 2.09. The fraction of sp³-hybridized carbons (Fsp3) is 0.600. The second kappa shape index (κ2) is 10.3. The number of nitrogens with one attached hydrogen (secondary N) is 1. The zero-order valence-electron chi connectivity index (χ0n) is 13.0. The van der Waals surface area contributed by atoms with Gasteiger partial charge in [-0.3, -0.25) is 15.3 Å². The molecule has 0 atom stereocenters. The van der Waals surface area contributed by atoms with E-state index in [4.69, 9.17) is 20.6 Å². The van der Waals surface area contributed by atoms with E-state index in [9.17, 15) is 0 Å². The molecule has 0 unspecified atom stereocenters. The second-order valence-corrected chi connectivity index (χ2v) is 4.59. The normalized spacial score (nSPS) is 11.0. The van der Waals surface area contributed by atoms with Crippen molar-refractivity contribution < 1.29 is 9.47 Å². The van der Waals surface area contributed by atoms with Crippen LogP contribution < -0.4 is 5.73 Å². The predicted molar refractivity (Wildman–Crippen MR) is 83.5 cm³/mol. The number of nitrogens with zero attached hydrogens (tertiary/aromatic N) is 2. The molecule has 6 nitrogen and oxygen atoms in total. The summed E-state index contributed by atoms with van der Waals surface area (Å²) in [7, 11) is 0. The molecular formula is C15H26N4O2. The first-order valence-corrected chi connectivity index (χ1v) is 7.35. The van der Waals surface area contributed by atoms with Gasteiger partial charge in [0, 0.05) is 39.0 Å². The number of hydrogen-bond acceptors (Lipinski definition) is 5. The summed E-state index contributed by atoms with van der Waals surface area (Å²) < 4.78 is 10.8. The number of hydrogen-bond donors (Lipinski definition) is 2. The Morgan fingerprint density at radius 1 is 1.24 bits per heavy atom. The largest absolute Gasteiger partial charge is 0.382 e. The summed E-state index contributed by atoms with van der Waals surface area (Å²) in [4.78, 5) is 6.42. The number of nitrogens with two attached hydrogens (primary N) is 1. The maximum atomic E-state index is 7.60. The molecule has 0 bridgehead atoms. The number of rotatable bonds is 11. The van der Waals surface area contributed by atoms with E-state index in [1.54, 1.807) is 6.20 Å². The zero-order valence-corrected chi connectivity index (χ0v) is 13.0. The smallest absolute Gasteiger partial charge is 0.142 e. The van der Waals surface area contributed by atoms with Crippen LogP contribution in [0.5, 0.6) is 0 Å². The van der Waals surface area contributed by atoms with Crippen LogP contribution >= 0.6 is 0 Å². The first-order valence-electron chi connectivity index (χ1n) is 7.35. The van der Waals surface area contributed by atoms with Crippen LogP contribution in [0.15, 0.2) is 18.3 Å². The van der Waals surface area contributed by atoms with E-state index in [0.29, 0.717) is 38.7 Å². The maximum Gasteiger partial charge on any atom is 0.142 e. The van der Waals surface area contributed by atoms with Gasteiger partial charge >= 0.3 is 0 Å². The van der Waals surface area contributed by atoms with Crippen LogP contribution in [0.25, 0.3) is 0 Å². The van der Waals surface area contributed by atoms with Crippen LogP contribution in [-0.2, 0) is 16.0 Å². The summed E-state index contributed by atoms with van der Waals surface area (Å²) in [5, 5.41) is 7.60. The lowest BCUT2D eigenvalue weighted by Gasteiger charge is -2.23. The van der Waals surface area contributed by atoms with Crippen molar-refractivity contribution >= 4 is 5.84 Å². The van der Waals surface area contributed by atoms with Crippen LogP contribution in [0.3, 0.4) is 0 Å². The quantitative estimate of drug-likeness (QED) is 0.364. The third-order valence-corrected chi connectivity index (χ3v) is 3.05. The molecule has 0 saturated heterocycles. The van der Waals surface area contributed by atoms with E-state index in [0.717, 1.165) is 18.7 Å². The van der Waals surface area contributed by atoms with Crippen molar-refractivity contribution in [1.82, 2.24) is 9.88 Å². The minimum absolute atomic E-state index is 0.000154. The maximum absolute atomic E-state index is 7.60. The SMILES string of the molecule is CCOCCN(CCOCC)Cc1cccnc1C(=N)N. The van der Waals surface area contributed by atoms with Crippen molar-refractivity contribution in [2.24, 2.45) is 5.73 Å². The molecule has 1 aromatic rings. The average molecular weight is 294 g/mol. The van der Waals surface area contributed by atoms with E-state index >= 15 is 0 Å². The summed E-state index contributed by atoms with van der Waals surface area (Å²) in [5.74, 6) is 0.000154. The summed E-state index contributed by atoms with van der Waals surface area (Å²) in [6.07, 6.45) is 1.66. The topological polar surface area (TPSA) is 84.5 Å². The van der Waals surface area contributed by atoms with Crippen LogP contribution in [0, 0.1) is 5.41 Å². The third kappa shape index (κ3) is 6.66. The van der Waals surface area contributed by atoms with E-state index in [2.05, 4.69) is 9.88 Å². The Hall–Kier alpha value is -1.50. The van der Waals surface area contributed by atoms with Crippen LogP contribution in [0.2, 0.25) is 0 Å². The fourth-order valence-corrected chi connectivity index (χ4v) is 2.00. The fourth-order valence-electron chi connectivity index (χ4n) is 2.00. The molecule has 1 heterocycles. The van der Waals surface area contributed by atoms with Gasteiger partial charge in [-0.25, -0.2) is 0 Å². The molecule has 0 aliphatic heterocycles. The highest BCUT2D eigenvalue weighted by Gasteiger charge is 2.11. The van der Waals surface area contributed by atoms with Crippen molar-refractivity contribution in [2.75, 3.05) is 39.5 Å². The molecule has 0 fully saturated rings. The van der Waals surface area contributed by atoms with Gasteiger partial charge in [-0.15, -0.1) is 0 Å². The second-order valence-electron chi connectivity index (χ2n) is 4.59. The van der Waals surface area contributed by atoms with E-state index in [1.807, 2.05) is 26.0 Å². The van der Waals surface area contributed by atoms with Crippen molar-refractivity contribution in [3.63, 3.8) is 0 Å². The number of nitrogen functional groups attached to an aromatic ring is 1. The summed E-state index contributed by atoms with van der Waals surface area (Å²) in [6.45, 7) is 9.06. The highest BCUT2D eigenvalue weighted by molar-refractivity contribution is 5.94. The molecule has 118 valence electrons. The molecule has 6 heteroatoms. The molecule has 21 heavy (non-hydrogen) atoms. The lowest BCUT2D eigenvalue weighted by molar-refractivity contribution is 0.0797. The lowest BCUT2D eigenvalue weighted by atomic mass is 10.1. The van der Waals surface area contributed by atoms with Gasteiger partial charge in [0.1, 0.15) is 11.5 Å². The number of pyridine rings is 1. The number of ether oxygens (including phenoxy) is 2. The van der Waals surface area contributed by atoms with Gasteiger partial charge in [0.2, 0.25) is 0 Å². The summed E-state index contributed by atoms with van der Waals surface area (Å²) in [5.41, 5.74) is 7.09. The molecule has 3 N–H and O–H groups in total. The molecule has 0 saturated carbocycles. The van der Waals surface area contributed by atoms with Gasteiger partial charge < -0.3 is 15.2 Å². The standard InChI is InChI=1S/C15H26N4O2/c1-3-20-10-8-19(9-11-21-4-2)12-13-6-5-7-18-14(13)15(16)17/h5-7H,3-4,8-12H2,1-2H3,(H3,16,17). The molecule has 1 rings (SSSR count). The van der Waals surface area contributed by atoms with Gasteiger partial charge in [-0.05, 0) is 25.5 Å². The van der Waals surface area contributed by atoms with Gasteiger partial charge in [0.25, 0.3) is 0 Å². The van der Waals surface area contributed by atoms with Gasteiger partial charge in [0.05, 0.1) is 13.2 Å². The number of aromatic nitrogens is 1. The zero-order chi connectivity index (χ0) is 15.5. The van der Waals surface area contributed by atoms with Crippen molar-refractivity contribution in [2.45, 2.75) is 20.4 Å². The molecule has 0 aromatic carbocycles. The first kappa shape index (κ1) is 17.6. The Bertz CT molecular complexity index is 416. The van der Waals surface area contributed by atoms with Crippen molar-refractivity contribution in [3.05, 3.63) is 29.6 Å². The Morgan fingerprint density at radius 3 is 2.38 bits per heavy atom. The lowest BCUT2D eigenvalue weighted by Crippen LogP contribution is -2.32. The molecule has 0 aliphatic rings. The van der Waals surface area contributed by atoms with E-state index in [1.165, 1.54) is 0 Å². The molecule has 0 aliphatic carbocycles. The molecule has 0 spiro atoms. The summed E-state index contributed by atoms with van der Waals surface area (Å²) in [6, 6.07) is 3.82. The van der Waals surface area contributed by atoms with Crippen LogP contribution in [0.4, 0.5) is 0 Å². The predicted octanol–water partition coefficient (Wildman–Crippen LogP) is 1.24. The van der Waals surface area contributed by atoms with E-state index < -0.39 is 0 Å².